The fourth-order valence-corrected chi connectivity index (χ4v) is 3.49. The van der Waals surface area contributed by atoms with Crippen LogP contribution in [0.5, 0.6) is 0 Å². The Balaban J connectivity index is 2.21. The van der Waals surface area contributed by atoms with E-state index in [2.05, 4.69) is 9.73 Å². The summed E-state index contributed by atoms with van der Waals surface area (Å²) in [7, 11) is -1.83. The van der Waals surface area contributed by atoms with E-state index in [1.165, 1.54) is 18.2 Å². The summed E-state index contributed by atoms with van der Waals surface area (Å²) < 4.78 is 38.3. The molecule has 1 aliphatic rings. The van der Waals surface area contributed by atoms with E-state index in [4.69, 9.17) is 5.73 Å². The van der Waals surface area contributed by atoms with Gasteiger partial charge in [-0.25, -0.2) is 17.8 Å². The van der Waals surface area contributed by atoms with Crippen LogP contribution >= 0.6 is 0 Å². The molecule has 1 heterocycles. The molecule has 1 aromatic carbocycles. The summed E-state index contributed by atoms with van der Waals surface area (Å²) in [6, 6.07) is 3.94. The molecule has 0 unspecified atom stereocenters. The van der Waals surface area contributed by atoms with Crippen molar-refractivity contribution in [1.29, 1.82) is 0 Å². The van der Waals surface area contributed by atoms with Gasteiger partial charge in [0.2, 0.25) is 0 Å². The zero-order valence-corrected chi connectivity index (χ0v) is 12.2. The predicted octanol–water partition coefficient (Wildman–Crippen LogP) is -0.275. The molecule has 8 heteroatoms. The molecule has 0 amide bonds. The van der Waals surface area contributed by atoms with Crippen molar-refractivity contribution in [2.45, 2.75) is 11.4 Å². The van der Waals surface area contributed by atoms with Gasteiger partial charge >= 0.3 is 0 Å². The first-order valence-electron chi connectivity index (χ1n) is 6.37. The largest absolute Gasteiger partial charge is 0.326 e. The Hall–Kier alpha value is -1.06. The number of nitrogens with two attached hydrogens (primary N) is 1. The van der Waals surface area contributed by atoms with Gasteiger partial charge in [-0.05, 0) is 19.2 Å². The third kappa shape index (κ3) is 3.33. The summed E-state index contributed by atoms with van der Waals surface area (Å²) in [6.45, 7) is 2.56. The van der Waals surface area contributed by atoms with Crippen LogP contribution in [0.4, 0.5) is 4.39 Å². The highest BCUT2D eigenvalue weighted by Crippen LogP contribution is 2.18. The summed E-state index contributed by atoms with van der Waals surface area (Å²) in [5.74, 6) is -0.603. The van der Waals surface area contributed by atoms with Crippen LogP contribution in [0.3, 0.4) is 0 Å². The minimum Gasteiger partial charge on any atom is -0.326 e. The number of nitrogens with zero attached hydrogens (tertiary/aromatic N) is 2. The maximum atomic E-state index is 13.6. The van der Waals surface area contributed by atoms with E-state index < -0.39 is 15.8 Å². The van der Waals surface area contributed by atoms with E-state index in [-0.39, 0.29) is 17.0 Å². The lowest BCUT2D eigenvalue weighted by Crippen LogP contribution is -2.52. The average molecular weight is 302 g/mol. The van der Waals surface area contributed by atoms with Gasteiger partial charge in [-0.1, -0.05) is 6.07 Å². The van der Waals surface area contributed by atoms with Crippen molar-refractivity contribution in [3.8, 4) is 0 Å². The lowest BCUT2D eigenvalue weighted by Gasteiger charge is -2.32. The second-order valence-electron chi connectivity index (χ2n) is 4.81. The number of hydrazine groups is 1. The van der Waals surface area contributed by atoms with Gasteiger partial charge in [-0.2, -0.15) is 0 Å². The molecule has 2 rings (SSSR count). The van der Waals surface area contributed by atoms with Crippen molar-refractivity contribution in [2.24, 2.45) is 5.73 Å². The van der Waals surface area contributed by atoms with Gasteiger partial charge in [0, 0.05) is 38.3 Å². The molecule has 0 aromatic heterocycles. The van der Waals surface area contributed by atoms with Crippen LogP contribution in [0.1, 0.15) is 5.56 Å². The Kier molecular flexibility index (Phi) is 4.71. The number of halogens is 1. The first-order valence-corrected chi connectivity index (χ1v) is 7.86. The Labute approximate surface area is 118 Å². The third-order valence-corrected chi connectivity index (χ3v) is 4.78. The van der Waals surface area contributed by atoms with Crippen molar-refractivity contribution in [3.05, 3.63) is 29.6 Å². The molecule has 0 aliphatic carbocycles. The number of rotatable bonds is 4. The van der Waals surface area contributed by atoms with Crippen LogP contribution in [-0.2, 0) is 16.6 Å². The highest BCUT2D eigenvalue weighted by molar-refractivity contribution is 7.89. The Morgan fingerprint density at radius 3 is 2.55 bits per heavy atom. The standard InChI is InChI=1S/C12H19FN4O2S/c1-16-5-7-17(8-6-16)15-20(18,19)12-4-2-3-11(13)10(12)9-14/h2-4,15H,5-9,14H2,1H3. The van der Waals surface area contributed by atoms with E-state index in [0.29, 0.717) is 13.1 Å². The monoisotopic (exact) mass is 302 g/mol. The van der Waals surface area contributed by atoms with E-state index in [1.807, 2.05) is 7.05 Å². The first-order chi connectivity index (χ1) is 9.44. The molecule has 0 saturated carbocycles. The minimum atomic E-state index is -3.81. The molecular formula is C12H19FN4O2S. The van der Waals surface area contributed by atoms with Crippen molar-refractivity contribution in [1.82, 2.24) is 14.7 Å². The molecular weight excluding hydrogens is 283 g/mol. The Bertz CT molecular complexity index is 571. The van der Waals surface area contributed by atoms with Crippen molar-refractivity contribution >= 4 is 10.0 Å². The maximum absolute atomic E-state index is 13.6. The van der Waals surface area contributed by atoms with E-state index in [0.717, 1.165) is 13.1 Å². The van der Waals surface area contributed by atoms with Gasteiger partial charge in [-0.15, -0.1) is 4.83 Å². The number of nitrogens with one attached hydrogen (secondary N) is 1. The number of piperazine rings is 1. The smallest absolute Gasteiger partial charge is 0.253 e. The van der Waals surface area contributed by atoms with Crippen LogP contribution in [0, 0.1) is 5.82 Å². The SMILES string of the molecule is CN1CCN(NS(=O)(=O)c2cccc(F)c2CN)CC1. The van der Waals surface area contributed by atoms with Gasteiger partial charge in [0.15, 0.2) is 0 Å². The van der Waals surface area contributed by atoms with Crippen LogP contribution in [0.2, 0.25) is 0 Å². The van der Waals surface area contributed by atoms with Gasteiger partial charge in [0.25, 0.3) is 10.0 Å². The predicted molar refractivity (Wildman–Crippen MR) is 73.7 cm³/mol. The zero-order chi connectivity index (χ0) is 14.8. The van der Waals surface area contributed by atoms with Crippen molar-refractivity contribution in [3.63, 3.8) is 0 Å². The van der Waals surface area contributed by atoms with Gasteiger partial charge in [-0.3, -0.25) is 0 Å². The Morgan fingerprint density at radius 2 is 1.95 bits per heavy atom. The van der Waals surface area contributed by atoms with Crippen LogP contribution < -0.4 is 10.6 Å². The van der Waals surface area contributed by atoms with Crippen molar-refractivity contribution < 1.29 is 12.8 Å². The number of sulfonamides is 1. The molecule has 0 bridgehead atoms. The number of hydrogen-bond acceptors (Lipinski definition) is 5. The fraction of sp³-hybridized carbons (Fsp3) is 0.500. The summed E-state index contributed by atoms with van der Waals surface area (Å²) in [6.07, 6.45) is 0. The second-order valence-corrected chi connectivity index (χ2v) is 6.43. The summed E-state index contributed by atoms with van der Waals surface area (Å²) >= 11 is 0. The molecule has 1 aromatic rings. The lowest BCUT2D eigenvalue weighted by atomic mass is 10.2. The Morgan fingerprint density at radius 1 is 1.30 bits per heavy atom. The second kappa shape index (κ2) is 6.15. The van der Waals surface area contributed by atoms with Gasteiger partial charge in [0.05, 0.1) is 4.90 Å². The molecule has 20 heavy (non-hydrogen) atoms. The third-order valence-electron chi connectivity index (χ3n) is 3.32. The lowest BCUT2D eigenvalue weighted by molar-refractivity contribution is 0.135. The zero-order valence-electron chi connectivity index (χ0n) is 11.3. The molecule has 1 aliphatic heterocycles. The quantitative estimate of drug-likeness (QED) is 0.800. The number of benzene rings is 1. The molecule has 3 N–H and O–H groups in total. The first kappa shape index (κ1) is 15.3. The molecule has 1 fully saturated rings. The van der Waals surface area contributed by atoms with Crippen LogP contribution in [-0.4, -0.2) is 51.6 Å². The average Bonchev–Trinajstić information content (AvgIpc) is 2.41. The van der Waals surface area contributed by atoms with Crippen LogP contribution in [0.15, 0.2) is 23.1 Å². The number of hydrogen-bond donors (Lipinski definition) is 2. The van der Waals surface area contributed by atoms with E-state index in [9.17, 15) is 12.8 Å². The van der Waals surface area contributed by atoms with Gasteiger partial charge in [0.1, 0.15) is 5.82 Å². The van der Waals surface area contributed by atoms with Crippen LogP contribution in [0.25, 0.3) is 0 Å². The highest BCUT2D eigenvalue weighted by Gasteiger charge is 2.24. The molecule has 6 nitrogen and oxygen atoms in total. The normalized spacial score (nSPS) is 18.4. The topological polar surface area (TPSA) is 78.7 Å². The van der Waals surface area contributed by atoms with Crippen molar-refractivity contribution in [2.75, 3.05) is 33.2 Å². The van der Waals surface area contributed by atoms with Gasteiger partial charge < -0.3 is 10.6 Å². The van der Waals surface area contributed by atoms with E-state index in [1.54, 1.807) is 5.01 Å². The highest BCUT2D eigenvalue weighted by atomic mass is 32.2. The fourth-order valence-electron chi connectivity index (χ4n) is 2.11. The van der Waals surface area contributed by atoms with E-state index >= 15 is 0 Å². The minimum absolute atomic E-state index is 0.00845. The molecule has 112 valence electrons. The molecule has 0 atom stereocenters. The molecule has 0 radical (unpaired) electrons. The summed E-state index contributed by atoms with van der Waals surface area (Å²) in [5.41, 5.74) is 5.46. The maximum Gasteiger partial charge on any atom is 0.253 e. The molecule has 0 spiro atoms. The summed E-state index contributed by atoms with van der Waals surface area (Å²) in [4.78, 5) is 4.50. The summed E-state index contributed by atoms with van der Waals surface area (Å²) in [5, 5.41) is 1.63. The molecule has 1 saturated heterocycles. The number of likely N-dealkylation sites (N-methyl/N-ethyl adjacent to an activating group) is 1.